The number of rotatable bonds is 4. The van der Waals surface area contributed by atoms with Crippen molar-refractivity contribution >= 4 is 21.4 Å². The zero-order valence-corrected chi connectivity index (χ0v) is 11.3. The van der Waals surface area contributed by atoms with E-state index >= 15 is 0 Å². The minimum atomic E-state index is -3.14. The highest BCUT2D eigenvalue weighted by Gasteiger charge is 2.28. The van der Waals surface area contributed by atoms with E-state index in [4.69, 9.17) is 0 Å². The maximum absolute atomic E-state index is 11.4. The van der Waals surface area contributed by atoms with Gasteiger partial charge in [-0.1, -0.05) is 0 Å². The SMILES string of the molecule is CS(=O)(=O)N1CC[C@H](Nc2ccc([N+](=O)[O-])cc2)C1. The molecular formula is C11H15N3O4S. The highest BCUT2D eigenvalue weighted by Crippen LogP contribution is 2.20. The van der Waals surface area contributed by atoms with Crippen LogP contribution in [0.1, 0.15) is 6.42 Å². The third-order valence-corrected chi connectivity index (χ3v) is 4.34. The summed E-state index contributed by atoms with van der Waals surface area (Å²) in [6.45, 7) is 0.930. The predicted molar refractivity (Wildman–Crippen MR) is 71.5 cm³/mol. The molecule has 0 radical (unpaired) electrons. The Labute approximate surface area is 111 Å². The molecule has 0 bridgehead atoms. The Balaban J connectivity index is 1.98. The first-order chi connectivity index (χ1) is 8.86. The average molecular weight is 285 g/mol. The number of nitro groups is 1. The third-order valence-electron chi connectivity index (χ3n) is 3.07. The fourth-order valence-electron chi connectivity index (χ4n) is 2.06. The number of hydrogen-bond donors (Lipinski definition) is 1. The molecule has 1 atom stereocenters. The van der Waals surface area contributed by atoms with Gasteiger partial charge in [0.1, 0.15) is 0 Å². The first-order valence-electron chi connectivity index (χ1n) is 5.82. The number of non-ortho nitro benzene ring substituents is 1. The second-order valence-corrected chi connectivity index (χ2v) is 6.54. The summed E-state index contributed by atoms with van der Waals surface area (Å²) in [6.07, 6.45) is 1.92. The maximum Gasteiger partial charge on any atom is 0.269 e. The predicted octanol–water partition coefficient (Wildman–Crippen LogP) is 1.04. The van der Waals surface area contributed by atoms with Crippen LogP contribution in [0.4, 0.5) is 11.4 Å². The number of nitrogens with zero attached hydrogens (tertiary/aromatic N) is 2. The van der Waals surface area contributed by atoms with Gasteiger partial charge in [0.25, 0.3) is 5.69 Å². The van der Waals surface area contributed by atoms with E-state index in [1.807, 2.05) is 0 Å². The average Bonchev–Trinajstić information content (AvgIpc) is 2.78. The van der Waals surface area contributed by atoms with Crippen LogP contribution in [0, 0.1) is 10.1 Å². The number of anilines is 1. The van der Waals surface area contributed by atoms with Gasteiger partial charge in [-0.25, -0.2) is 12.7 Å². The van der Waals surface area contributed by atoms with Gasteiger partial charge in [0, 0.05) is 37.0 Å². The van der Waals surface area contributed by atoms with E-state index < -0.39 is 14.9 Å². The molecule has 0 aromatic heterocycles. The summed E-state index contributed by atoms with van der Waals surface area (Å²) in [5.74, 6) is 0. The molecular weight excluding hydrogens is 270 g/mol. The highest BCUT2D eigenvalue weighted by atomic mass is 32.2. The van der Waals surface area contributed by atoms with Gasteiger partial charge in [-0.15, -0.1) is 0 Å². The smallest absolute Gasteiger partial charge is 0.269 e. The molecule has 0 unspecified atom stereocenters. The summed E-state index contributed by atoms with van der Waals surface area (Å²) in [6, 6.07) is 6.14. The van der Waals surface area contributed by atoms with Gasteiger partial charge in [0.05, 0.1) is 11.2 Å². The minimum absolute atomic E-state index is 0.0368. The Morgan fingerprint density at radius 3 is 2.47 bits per heavy atom. The summed E-state index contributed by atoms with van der Waals surface area (Å²) >= 11 is 0. The first kappa shape index (κ1) is 13.8. The molecule has 8 heteroatoms. The second-order valence-electron chi connectivity index (χ2n) is 4.55. The first-order valence-corrected chi connectivity index (χ1v) is 7.67. The molecule has 1 saturated heterocycles. The fourth-order valence-corrected chi connectivity index (χ4v) is 2.95. The minimum Gasteiger partial charge on any atom is -0.381 e. The lowest BCUT2D eigenvalue weighted by atomic mass is 10.2. The summed E-state index contributed by atoms with van der Waals surface area (Å²) in [5.41, 5.74) is 0.792. The van der Waals surface area contributed by atoms with Crippen LogP contribution in [0.15, 0.2) is 24.3 Å². The molecule has 1 aliphatic heterocycles. The number of nitrogens with one attached hydrogen (secondary N) is 1. The molecule has 1 N–H and O–H groups in total. The molecule has 104 valence electrons. The molecule has 19 heavy (non-hydrogen) atoms. The summed E-state index contributed by atoms with van der Waals surface area (Å²) in [5, 5.41) is 13.7. The number of sulfonamides is 1. The van der Waals surface area contributed by atoms with Gasteiger partial charge in [0.2, 0.25) is 10.0 Å². The van der Waals surface area contributed by atoms with Crippen LogP contribution in [-0.2, 0) is 10.0 Å². The van der Waals surface area contributed by atoms with E-state index in [-0.39, 0.29) is 11.7 Å². The van der Waals surface area contributed by atoms with Crippen LogP contribution in [-0.4, -0.2) is 43.0 Å². The number of hydrogen-bond acceptors (Lipinski definition) is 5. The lowest BCUT2D eigenvalue weighted by molar-refractivity contribution is -0.384. The lowest BCUT2D eigenvalue weighted by Crippen LogP contribution is -2.30. The fraction of sp³-hybridized carbons (Fsp3) is 0.455. The van der Waals surface area contributed by atoms with Crippen LogP contribution in [0.5, 0.6) is 0 Å². The third kappa shape index (κ3) is 3.42. The van der Waals surface area contributed by atoms with Crippen LogP contribution >= 0.6 is 0 Å². The molecule has 0 spiro atoms. The van der Waals surface area contributed by atoms with Crippen molar-refractivity contribution in [3.05, 3.63) is 34.4 Å². The molecule has 1 fully saturated rings. The van der Waals surface area contributed by atoms with E-state index in [1.165, 1.54) is 22.7 Å². The van der Waals surface area contributed by atoms with Crippen LogP contribution in [0.3, 0.4) is 0 Å². The zero-order chi connectivity index (χ0) is 14.0. The molecule has 1 aromatic rings. The molecule has 0 saturated carbocycles. The van der Waals surface area contributed by atoms with Gasteiger partial charge < -0.3 is 5.32 Å². The van der Waals surface area contributed by atoms with E-state index in [0.29, 0.717) is 13.1 Å². The van der Waals surface area contributed by atoms with Crippen molar-refractivity contribution in [1.82, 2.24) is 4.31 Å². The molecule has 2 rings (SSSR count). The standard InChI is InChI=1S/C11H15N3O4S/c1-19(17,18)13-7-6-10(8-13)12-9-2-4-11(5-3-9)14(15)16/h2-5,10,12H,6-8H2,1H3/t10-/m0/s1. The Bertz CT molecular complexity index is 570. The van der Waals surface area contributed by atoms with Gasteiger partial charge in [-0.2, -0.15) is 0 Å². The summed E-state index contributed by atoms with van der Waals surface area (Å²) < 4.78 is 24.2. The van der Waals surface area contributed by atoms with E-state index in [1.54, 1.807) is 12.1 Å². The zero-order valence-electron chi connectivity index (χ0n) is 10.4. The van der Waals surface area contributed by atoms with Crippen LogP contribution in [0.25, 0.3) is 0 Å². The monoisotopic (exact) mass is 285 g/mol. The molecule has 1 heterocycles. The second kappa shape index (κ2) is 5.14. The van der Waals surface area contributed by atoms with Gasteiger partial charge in [0.15, 0.2) is 0 Å². The van der Waals surface area contributed by atoms with Crippen molar-refractivity contribution in [3.8, 4) is 0 Å². The molecule has 0 aliphatic carbocycles. The Hall–Kier alpha value is -1.67. The van der Waals surface area contributed by atoms with Gasteiger partial charge >= 0.3 is 0 Å². The Morgan fingerprint density at radius 1 is 1.37 bits per heavy atom. The Kier molecular flexibility index (Phi) is 3.72. The normalized spacial score (nSPS) is 20.4. The highest BCUT2D eigenvalue weighted by molar-refractivity contribution is 7.88. The number of benzene rings is 1. The molecule has 7 nitrogen and oxygen atoms in total. The quantitative estimate of drug-likeness (QED) is 0.659. The molecule has 1 aromatic carbocycles. The maximum atomic E-state index is 11.4. The summed E-state index contributed by atoms with van der Waals surface area (Å²) in [7, 11) is -3.14. The topological polar surface area (TPSA) is 92.6 Å². The van der Waals surface area contributed by atoms with Gasteiger partial charge in [-0.3, -0.25) is 10.1 Å². The van der Waals surface area contributed by atoms with Crippen molar-refractivity contribution < 1.29 is 13.3 Å². The van der Waals surface area contributed by atoms with Crippen molar-refractivity contribution in [3.63, 3.8) is 0 Å². The van der Waals surface area contributed by atoms with Gasteiger partial charge in [-0.05, 0) is 18.6 Å². The summed E-state index contributed by atoms with van der Waals surface area (Å²) in [4.78, 5) is 10.1. The van der Waals surface area contributed by atoms with E-state index in [0.717, 1.165) is 12.1 Å². The largest absolute Gasteiger partial charge is 0.381 e. The Morgan fingerprint density at radius 2 is 2.00 bits per heavy atom. The van der Waals surface area contributed by atoms with E-state index in [2.05, 4.69) is 5.32 Å². The van der Waals surface area contributed by atoms with Crippen molar-refractivity contribution in [2.45, 2.75) is 12.5 Å². The van der Waals surface area contributed by atoms with Crippen molar-refractivity contribution in [2.75, 3.05) is 24.7 Å². The van der Waals surface area contributed by atoms with E-state index in [9.17, 15) is 18.5 Å². The van der Waals surface area contributed by atoms with Crippen molar-refractivity contribution in [1.29, 1.82) is 0 Å². The lowest BCUT2D eigenvalue weighted by Gasteiger charge is -2.15. The van der Waals surface area contributed by atoms with Crippen LogP contribution in [0.2, 0.25) is 0 Å². The molecule has 1 aliphatic rings. The van der Waals surface area contributed by atoms with Crippen LogP contribution < -0.4 is 5.32 Å². The molecule has 0 amide bonds. The van der Waals surface area contributed by atoms with Crippen molar-refractivity contribution in [2.24, 2.45) is 0 Å². The number of nitro benzene ring substituents is 1.